The van der Waals surface area contributed by atoms with Gasteiger partial charge in [-0.2, -0.15) is 0 Å². The van der Waals surface area contributed by atoms with Gasteiger partial charge < -0.3 is 0 Å². The Balaban J connectivity index is 2.92. The Hall–Kier alpha value is -1.51. The summed E-state index contributed by atoms with van der Waals surface area (Å²) in [5.41, 5.74) is 0.904. The van der Waals surface area contributed by atoms with Crippen LogP contribution < -0.4 is 0 Å². The fraction of sp³-hybridized carbons (Fsp3) is 0.300. The van der Waals surface area contributed by atoms with Gasteiger partial charge in [0.05, 0.1) is 0 Å². The lowest BCUT2D eigenvalue weighted by molar-refractivity contribution is 0.0933. The molecule has 1 aromatic rings. The topological polar surface area (TPSA) is 47.0 Å². The van der Waals surface area contributed by atoms with Crippen LogP contribution in [0.1, 0.15) is 34.7 Å². The maximum atomic E-state index is 11.4. The molecule has 0 atom stereocenters. The molecule has 3 nitrogen and oxygen atoms in total. The average molecular weight is 177 g/mol. The van der Waals surface area contributed by atoms with Crippen LogP contribution in [-0.4, -0.2) is 17.1 Å². The summed E-state index contributed by atoms with van der Waals surface area (Å²) < 4.78 is 0. The Morgan fingerprint density at radius 3 is 2.54 bits per heavy atom. The van der Waals surface area contributed by atoms with Crippen LogP contribution in [0.4, 0.5) is 0 Å². The van der Waals surface area contributed by atoms with Crippen LogP contribution in [0.5, 0.6) is 0 Å². The van der Waals surface area contributed by atoms with Gasteiger partial charge in [0, 0.05) is 17.7 Å². The standard InChI is InChI=1S/C10H11NO2/c1-7(2)10(13)9-4-3-8(6-12)5-11-9/h3-7H,1-2H3. The van der Waals surface area contributed by atoms with E-state index in [0.717, 1.165) is 0 Å². The number of aromatic nitrogens is 1. The normalized spacial score (nSPS) is 10.1. The Labute approximate surface area is 76.8 Å². The van der Waals surface area contributed by atoms with Crippen molar-refractivity contribution in [3.8, 4) is 0 Å². The Bertz CT molecular complexity index is 314. The number of ketones is 1. The molecule has 0 radical (unpaired) electrons. The van der Waals surface area contributed by atoms with Gasteiger partial charge in [-0.15, -0.1) is 0 Å². The fourth-order valence-corrected chi connectivity index (χ4v) is 0.917. The molecule has 1 heterocycles. The zero-order valence-corrected chi connectivity index (χ0v) is 7.65. The number of nitrogens with zero attached hydrogens (tertiary/aromatic N) is 1. The quantitative estimate of drug-likeness (QED) is 0.521. The number of aldehydes is 1. The molecule has 1 rings (SSSR count). The van der Waals surface area contributed by atoms with Crippen molar-refractivity contribution in [1.82, 2.24) is 4.98 Å². The first-order chi connectivity index (χ1) is 6.15. The third kappa shape index (κ3) is 2.21. The van der Waals surface area contributed by atoms with Gasteiger partial charge in [0.1, 0.15) is 5.69 Å². The van der Waals surface area contributed by atoms with Crippen molar-refractivity contribution in [2.45, 2.75) is 13.8 Å². The summed E-state index contributed by atoms with van der Waals surface area (Å²) >= 11 is 0. The second-order valence-electron chi connectivity index (χ2n) is 3.11. The van der Waals surface area contributed by atoms with E-state index in [2.05, 4.69) is 4.98 Å². The summed E-state index contributed by atoms with van der Waals surface area (Å²) in [7, 11) is 0. The van der Waals surface area contributed by atoms with E-state index in [-0.39, 0.29) is 11.7 Å². The highest BCUT2D eigenvalue weighted by Gasteiger charge is 2.10. The highest BCUT2D eigenvalue weighted by molar-refractivity contribution is 5.95. The average Bonchev–Trinajstić information content (AvgIpc) is 2.17. The minimum absolute atomic E-state index is 0.00236. The molecule has 0 spiro atoms. The van der Waals surface area contributed by atoms with Crippen LogP contribution in [-0.2, 0) is 0 Å². The molecule has 68 valence electrons. The molecular formula is C10H11NO2. The van der Waals surface area contributed by atoms with Crippen molar-refractivity contribution >= 4 is 12.1 Å². The van der Waals surface area contributed by atoms with E-state index < -0.39 is 0 Å². The van der Waals surface area contributed by atoms with Crippen molar-refractivity contribution < 1.29 is 9.59 Å². The molecule has 0 unspecified atom stereocenters. The summed E-state index contributed by atoms with van der Waals surface area (Å²) in [5.74, 6) is -0.0629. The molecule has 0 saturated carbocycles. The first-order valence-corrected chi connectivity index (χ1v) is 4.10. The van der Waals surface area contributed by atoms with Gasteiger partial charge in [0.15, 0.2) is 12.1 Å². The van der Waals surface area contributed by atoms with E-state index in [9.17, 15) is 9.59 Å². The van der Waals surface area contributed by atoms with Crippen molar-refractivity contribution in [3.63, 3.8) is 0 Å². The van der Waals surface area contributed by atoms with Crippen LogP contribution >= 0.6 is 0 Å². The number of Topliss-reactive ketones (excluding diaryl/α,β-unsaturated/α-hetero) is 1. The van der Waals surface area contributed by atoms with E-state index in [1.807, 2.05) is 13.8 Å². The first-order valence-electron chi connectivity index (χ1n) is 4.10. The Kier molecular flexibility index (Phi) is 2.90. The fourth-order valence-electron chi connectivity index (χ4n) is 0.917. The highest BCUT2D eigenvalue weighted by Crippen LogP contribution is 2.05. The van der Waals surface area contributed by atoms with Crippen LogP contribution in [0.3, 0.4) is 0 Å². The molecule has 0 saturated heterocycles. The Morgan fingerprint density at radius 2 is 2.15 bits per heavy atom. The van der Waals surface area contributed by atoms with Crippen LogP contribution in [0, 0.1) is 5.92 Å². The number of hydrogen-bond donors (Lipinski definition) is 0. The summed E-state index contributed by atoms with van der Waals surface area (Å²) in [6, 6.07) is 3.17. The molecule has 0 aliphatic carbocycles. The van der Waals surface area contributed by atoms with Gasteiger partial charge in [-0.1, -0.05) is 13.8 Å². The zero-order valence-electron chi connectivity index (χ0n) is 7.65. The molecule has 0 aromatic carbocycles. The largest absolute Gasteiger partial charge is 0.298 e. The van der Waals surface area contributed by atoms with Gasteiger partial charge in [-0.3, -0.25) is 14.6 Å². The van der Waals surface area contributed by atoms with Gasteiger partial charge in [0.2, 0.25) is 0 Å². The predicted molar refractivity (Wildman–Crippen MR) is 48.8 cm³/mol. The smallest absolute Gasteiger partial charge is 0.183 e. The first kappa shape index (κ1) is 9.58. The van der Waals surface area contributed by atoms with Gasteiger partial charge in [-0.25, -0.2) is 0 Å². The zero-order chi connectivity index (χ0) is 9.84. The molecule has 0 fully saturated rings. The lowest BCUT2D eigenvalue weighted by Gasteiger charge is -2.02. The number of carbonyl (C=O) groups is 2. The Morgan fingerprint density at radius 1 is 1.46 bits per heavy atom. The summed E-state index contributed by atoms with van der Waals surface area (Å²) in [6.07, 6.45) is 2.11. The molecule has 0 aliphatic heterocycles. The summed E-state index contributed by atoms with van der Waals surface area (Å²) in [4.78, 5) is 25.6. The maximum absolute atomic E-state index is 11.4. The van der Waals surface area contributed by atoms with E-state index in [1.54, 1.807) is 12.1 Å². The second-order valence-corrected chi connectivity index (χ2v) is 3.11. The van der Waals surface area contributed by atoms with Crippen LogP contribution in [0.2, 0.25) is 0 Å². The lowest BCUT2D eigenvalue weighted by atomic mass is 10.1. The summed E-state index contributed by atoms with van der Waals surface area (Å²) in [5, 5.41) is 0. The monoisotopic (exact) mass is 177 g/mol. The number of hydrogen-bond acceptors (Lipinski definition) is 3. The van der Waals surface area contributed by atoms with E-state index in [0.29, 0.717) is 17.5 Å². The van der Waals surface area contributed by atoms with Crippen molar-refractivity contribution in [3.05, 3.63) is 29.6 Å². The van der Waals surface area contributed by atoms with Gasteiger partial charge in [-0.05, 0) is 12.1 Å². The second kappa shape index (κ2) is 3.94. The molecule has 0 amide bonds. The third-order valence-corrected chi connectivity index (χ3v) is 1.70. The van der Waals surface area contributed by atoms with E-state index >= 15 is 0 Å². The van der Waals surface area contributed by atoms with Crippen molar-refractivity contribution in [1.29, 1.82) is 0 Å². The number of rotatable bonds is 3. The molecule has 1 aromatic heterocycles. The van der Waals surface area contributed by atoms with Crippen LogP contribution in [0.15, 0.2) is 18.3 Å². The van der Waals surface area contributed by atoms with Crippen LogP contribution in [0.25, 0.3) is 0 Å². The molecule has 0 aliphatic rings. The highest BCUT2D eigenvalue weighted by atomic mass is 16.1. The van der Waals surface area contributed by atoms with Crippen molar-refractivity contribution in [2.24, 2.45) is 5.92 Å². The molecule has 3 heteroatoms. The van der Waals surface area contributed by atoms with Gasteiger partial charge in [0.25, 0.3) is 0 Å². The molecule has 0 N–H and O–H groups in total. The van der Waals surface area contributed by atoms with Crippen molar-refractivity contribution in [2.75, 3.05) is 0 Å². The van der Waals surface area contributed by atoms with Gasteiger partial charge >= 0.3 is 0 Å². The van der Waals surface area contributed by atoms with E-state index in [1.165, 1.54) is 6.20 Å². The van der Waals surface area contributed by atoms with E-state index in [4.69, 9.17) is 0 Å². The summed E-state index contributed by atoms with van der Waals surface area (Å²) in [6.45, 7) is 3.63. The maximum Gasteiger partial charge on any atom is 0.183 e. The minimum Gasteiger partial charge on any atom is -0.298 e. The number of carbonyl (C=O) groups excluding carboxylic acids is 2. The SMILES string of the molecule is CC(C)C(=O)c1ccc(C=O)cn1. The molecule has 0 bridgehead atoms. The lowest BCUT2D eigenvalue weighted by Crippen LogP contribution is -2.09. The molecular weight excluding hydrogens is 166 g/mol. The predicted octanol–water partition coefficient (Wildman–Crippen LogP) is 1.73. The number of pyridine rings is 1. The third-order valence-electron chi connectivity index (χ3n) is 1.70. The minimum atomic E-state index is -0.0606. The molecule has 13 heavy (non-hydrogen) atoms.